The molecule has 2 aliphatic rings. The molecule has 33 heavy (non-hydrogen) atoms. The monoisotopic (exact) mass is 450 g/mol. The number of ketones is 1. The summed E-state index contributed by atoms with van der Waals surface area (Å²) in [5.74, 6) is 0.913. The van der Waals surface area contributed by atoms with Crippen LogP contribution in [-0.4, -0.2) is 27.9 Å². The SMILES string of the molecule is CC(C)(C)C1CCC(Nc2cc3cc(C(=O)CC4CCCC(C(=O)O)C4)ccc3cn2)CC1. The normalized spacial score (nSPS) is 26.2. The number of hydrogen-bond acceptors (Lipinski definition) is 4. The van der Waals surface area contributed by atoms with E-state index in [9.17, 15) is 14.7 Å². The van der Waals surface area contributed by atoms with E-state index >= 15 is 0 Å². The van der Waals surface area contributed by atoms with Crippen LogP contribution in [0, 0.1) is 23.2 Å². The Morgan fingerprint density at radius 1 is 1.03 bits per heavy atom. The number of nitrogens with one attached hydrogen (secondary N) is 1. The van der Waals surface area contributed by atoms with E-state index in [1.165, 1.54) is 25.7 Å². The number of hydrogen-bond donors (Lipinski definition) is 2. The molecule has 1 aromatic heterocycles. The summed E-state index contributed by atoms with van der Waals surface area (Å²) in [5.41, 5.74) is 1.09. The van der Waals surface area contributed by atoms with Gasteiger partial charge >= 0.3 is 5.97 Å². The third-order valence-electron chi connectivity index (χ3n) is 7.95. The van der Waals surface area contributed by atoms with Crippen LogP contribution in [0.4, 0.5) is 5.82 Å². The number of rotatable bonds is 6. The van der Waals surface area contributed by atoms with Crippen LogP contribution in [0.2, 0.25) is 0 Å². The average molecular weight is 451 g/mol. The number of aliphatic carboxylic acids is 1. The average Bonchev–Trinajstić information content (AvgIpc) is 2.78. The second kappa shape index (κ2) is 9.82. The zero-order valence-corrected chi connectivity index (χ0v) is 20.3. The van der Waals surface area contributed by atoms with E-state index in [-0.39, 0.29) is 17.6 Å². The Morgan fingerprint density at radius 3 is 2.48 bits per heavy atom. The molecule has 0 aliphatic heterocycles. The van der Waals surface area contributed by atoms with Crippen molar-refractivity contribution in [3.8, 4) is 0 Å². The van der Waals surface area contributed by atoms with Crippen LogP contribution in [-0.2, 0) is 4.79 Å². The summed E-state index contributed by atoms with van der Waals surface area (Å²) >= 11 is 0. The molecule has 2 saturated carbocycles. The van der Waals surface area contributed by atoms with Crippen LogP contribution >= 0.6 is 0 Å². The summed E-state index contributed by atoms with van der Waals surface area (Å²) < 4.78 is 0. The molecule has 0 radical (unpaired) electrons. The van der Waals surface area contributed by atoms with Crippen LogP contribution in [0.3, 0.4) is 0 Å². The minimum Gasteiger partial charge on any atom is -0.481 e. The van der Waals surface area contributed by atoms with Gasteiger partial charge in [-0.25, -0.2) is 4.98 Å². The predicted molar refractivity (Wildman–Crippen MR) is 133 cm³/mol. The molecular formula is C28H38N2O3. The summed E-state index contributed by atoms with van der Waals surface area (Å²) in [6.07, 6.45) is 10.3. The number of carbonyl (C=O) groups excluding carboxylic acids is 1. The summed E-state index contributed by atoms with van der Waals surface area (Å²) in [6, 6.07) is 8.33. The smallest absolute Gasteiger partial charge is 0.306 e. The van der Waals surface area contributed by atoms with Crippen molar-refractivity contribution in [1.29, 1.82) is 0 Å². The molecular weight excluding hydrogens is 412 g/mol. The second-order valence-electron chi connectivity index (χ2n) is 11.4. The van der Waals surface area contributed by atoms with Gasteiger partial charge in [-0.15, -0.1) is 0 Å². The molecule has 0 bridgehead atoms. The number of carbonyl (C=O) groups is 2. The van der Waals surface area contributed by atoms with Crippen LogP contribution in [0.15, 0.2) is 30.5 Å². The van der Waals surface area contributed by atoms with Gasteiger partial charge in [-0.3, -0.25) is 9.59 Å². The highest BCUT2D eigenvalue weighted by Crippen LogP contribution is 2.38. The Bertz CT molecular complexity index is 1000. The first kappa shape index (κ1) is 23.7. The standard InChI is InChI=1S/C28H38N2O3/c1-28(2,3)23-9-11-24(12-10-23)30-26-16-22-15-19(7-8-21(22)17-29-26)25(31)14-18-5-4-6-20(13-18)27(32)33/h7-8,15-18,20,23-24H,4-6,9-14H2,1-3H3,(H,29,30)(H,32,33). The van der Waals surface area contributed by atoms with Crippen molar-refractivity contribution in [2.75, 3.05) is 5.32 Å². The molecule has 2 unspecified atom stereocenters. The quantitative estimate of drug-likeness (QED) is 0.478. The lowest BCUT2D eigenvalue weighted by molar-refractivity contribution is -0.143. The van der Waals surface area contributed by atoms with Gasteiger partial charge < -0.3 is 10.4 Å². The minimum absolute atomic E-state index is 0.111. The van der Waals surface area contributed by atoms with Crippen molar-refractivity contribution in [3.63, 3.8) is 0 Å². The summed E-state index contributed by atoms with van der Waals surface area (Å²) in [5, 5.41) is 15.0. The fourth-order valence-corrected chi connectivity index (χ4v) is 5.79. The Hall–Kier alpha value is -2.43. The number of Topliss-reactive ketones (excluding diaryl/α,β-unsaturated/α-hetero) is 1. The first-order valence-corrected chi connectivity index (χ1v) is 12.6. The van der Waals surface area contributed by atoms with Gasteiger partial charge in [-0.05, 0) is 79.7 Å². The molecule has 2 fully saturated rings. The number of anilines is 1. The molecule has 2 aromatic rings. The van der Waals surface area contributed by atoms with Gasteiger partial charge in [0.05, 0.1) is 5.92 Å². The molecule has 2 aliphatic carbocycles. The first-order valence-electron chi connectivity index (χ1n) is 12.6. The van der Waals surface area contributed by atoms with Crippen molar-refractivity contribution in [1.82, 2.24) is 4.98 Å². The highest BCUT2D eigenvalue weighted by Gasteiger charge is 2.30. The van der Waals surface area contributed by atoms with E-state index in [0.717, 1.165) is 41.8 Å². The lowest BCUT2D eigenvalue weighted by Gasteiger charge is -2.37. The molecule has 1 heterocycles. The Labute approximate surface area is 197 Å². The molecule has 2 N–H and O–H groups in total. The van der Waals surface area contributed by atoms with E-state index in [1.807, 2.05) is 24.4 Å². The van der Waals surface area contributed by atoms with Gasteiger partial charge in [0.15, 0.2) is 5.78 Å². The van der Waals surface area contributed by atoms with Gasteiger partial charge in [0.25, 0.3) is 0 Å². The van der Waals surface area contributed by atoms with E-state index in [1.54, 1.807) is 0 Å². The van der Waals surface area contributed by atoms with Crippen LogP contribution in [0.1, 0.15) is 88.9 Å². The maximum absolute atomic E-state index is 13.0. The molecule has 0 spiro atoms. The fourth-order valence-electron chi connectivity index (χ4n) is 5.79. The third-order valence-corrected chi connectivity index (χ3v) is 7.95. The maximum Gasteiger partial charge on any atom is 0.306 e. The molecule has 2 atom stereocenters. The summed E-state index contributed by atoms with van der Waals surface area (Å²) in [6.45, 7) is 7.02. The number of pyridine rings is 1. The molecule has 4 rings (SSSR count). The minimum atomic E-state index is -0.725. The van der Waals surface area contributed by atoms with Crippen LogP contribution in [0.5, 0.6) is 0 Å². The summed E-state index contributed by atoms with van der Waals surface area (Å²) in [7, 11) is 0. The molecule has 5 nitrogen and oxygen atoms in total. The number of benzene rings is 1. The zero-order chi connectivity index (χ0) is 23.6. The van der Waals surface area contributed by atoms with E-state index in [2.05, 4.69) is 37.1 Å². The van der Waals surface area contributed by atoms with Crippen molar-refractivity contribution < 1.29 is 14.7 Å². The van der Waals surface area contributed by atoms with E-state index in [4.69, 9.17) is 0 Å². The molecule has 5 heteroatoms. The number of carboxylic acid groups (broad SMARTS) is 1. The third kappa shape index (κ3) is 5.93. The van der Waals surface area contributed by atoms with Crippen molar-refractivity contribution in [3.05, 3.63) is 36.0 Å². The van der Waals surface area contributed by atoms with Crippen molar-refractivity contribution >= 4 is 28.3 Å². The first-order chi connectivity index (χ1) is 15.7. The number of carboxylic acids is 1. The topological polar surface area (TPSA) is 79.3 Å². The van der Waals surface area contributed by atoms with E-state index in [0.29, 0.717) is 29.9 Å². The molecule has 0 amide bonds. The van der Waals surface area contributed by atoms with E-state index < -0.39 is 5.97 Å². The lowest BCUT2D eigenvalue weighted by Crippen LogP contribution is -2.31. The second-order valence-corrected chi connectivity index (χ2v) is 11.4. The predicted octanol–water partition coefficient (Wildman–Crippen LogP) is 6.72. The van der Waals surface area contributed by atoms with Gasteiger partial charge in [0.1, 0.15) is 5.82 Å². The Morgan fingerprint density at radius 2 is 1.79 bits per heavy atom. The van der Waals surface area contributed by atoms with Crippen molar-refractivity contribution in [2.24, 2.45) is 23.2 Å². The molecule has 178 valence electrons. The van der Waals surface area contributed by atoms with Crippen LogP contribution < -0.4 is 5.32 Å². The lowest BCUT2D eigenvalue weighted by atomic mass is 9.71. The maximum atomic E-state index is 13.0. The summed E-state index contributed by atoms with van der Waals surface area (Å²) in [4.78, 5) is 28.9. The highest BCUT2D eigenvalue weighted by atomic mass is 16.4. The van der Waals surface area contributed by atoms with Crippen molar-refractivity contribution in [2.45, 2.75) is 84.6 Å². The van der Waals surface area contributed by atoms with Gasteiger partial charge in [-0.2, -0.15) is 0 Å². The Kier molecular flexibility index (Phi) is 7.06. The zero-order valence-electron chi connectivity index (χ0n) is 20.3. The number of aromatic nitrogens is 1. The van der Waals surface area contributed by atoms with Gasteiger partial charge in [0.2, 0.25) is 0 Å². The largest absolute Gasteiger partial charge is 0.481 e. The van der Waals surface area contributed by atoms with Gasteiger partial charge in [0, 0.05) is 29.6 Å². The fraction of sp³-hybridized carbons (Fsp3) is 0.607. The Balaban J connectivity index is 1.40. The highest BCUT2D eigenvalue weighted by molar-refractivity contribution is 6.00. The van der Waals surface area contributed by atoms with Crippen LogP contribution in [0.25, 0.3) is 10.8 Å². The molecule has 1 aromatic carbocycles. The van der Waals surface area contributed by atoms with Gasteiger partial charge in [-0.1, -0.05) is 39.3 Å². The molecule has 0 saturated heterocycles. The number of nitrogens with zero attached hydrogens (tertiary/aromatic N) is 1. The number of fused-ring (bicyclic) bond motifs is 1.